The Morgan fingerprint density at radius 1 is 1.05 bits per heavy atom. The maximum atomic E-state index is 5.27. The fourth-order valence-corrected chi connectivity index (χ4v) is 2.32. The third-order valence-corrected chi connectivity index (χ3v) is 3.46. The number of nitrogens with zero attached hydrogens (tertiary/aromatic N) is 2. The summed E-state index contributed by atoms with van der Waals surface area (Å²) < 4.78 is 2.34. The van der Waals surface area contributed by atoms with E-state index in [1.807, 2.05) is 48.5 Å². The monoisotopic (exact) mass is 308 g/mol. The van der Waals surface area contributed by atoms with Crippen molar-refractivity contribution < 1.29 is 0 Å². The molecule has 3 rings (SSSR count). The summed E-state index contributed by atoms with van der Waals surface area (Å²) in [5.41, 5.74) is 5.44. The van der Waals surface area contributed by atoms with E-state index in [9.17, 15) is 0 Å². The number of nitrogens with one attached hydrogen (secondary N) is 2. The zero-order valence-electron chi connectivity index (χ0n) is 11.9. The molecule has 0 unspecified atom stereocenters. The summed E-state index contributed by atoms with van der Waals surface area (Å²) in [4.78, 5) is 0. The van der Waals surface area contributed by atoms with Crippen LogP contribution in [0.3, 0.4) is 0 Å². The van der Waals surface area contributed by atoms with Crippen molar-refractivity contribution in [2.75, 3.05) is 12.0 Å². The molecule has 0 saturated heterocycles. The highest BCUT2D eigenvalue weighted by Crippen LogP contribution is 2.15. The first kappa shape index (κ1) is 14.3. The average Bonchev–Trinajstić information content (AvgIpc) is 2.94. The second-order valence-electron chi connectivity index (χ2n) is 4.73. The van der Waals surface area contributed by atoms with Crippen LogP contribution in [0.25, 0.3) is 17.5 Å². The average molecular weight is 308 g/mol. The van der Waals surface area contributed by atoms with Gasteiger partial charge in [-0.05, 0) is 17.8 Å². The molecule has 0 aliphatic rings. The first-order valence-electron chi connectivity index (χ1n) is 7.03. The van der Waals surface area contributed by atoms with Crippen molar-refractivity contribution in [3.63, 3.8) is 0 Å². The maximum Gasteiger partial charge on any atom is 0.214 e. The van der Waals surface area contributed by atoms with Crippen LogP contribution in [0.5, 0.6) is 0 Å². The van der Waals surface area contributed by atoms with Crippen molar-refractivity contribution in [3.05, 3.63) is 77.1 Å². The van der Waals surface area contributed by atoms with Gasteiger partial charge >= 0.3 is 0 Å². The van der Waals surface area contributed by atoms with Crippen LogP contribution >= 0.6 is 12.2 Å². The summed E-state index contributed by atoms with van der Waals surface area (Å²) in [6.07, 6.45) is 4.12. The molecular formula is C17H16N4S. The van der Waals surface area contributed by atoms with Crippen LogP contribution in [0, 0.1) is 4.77 Å². The van der Waals surface area contributed by atoms with Gasteiger partial charge in [-0.25, -0.2) is 9.77 Å². The molecule has 1 aromatic heterocycles. The molecule has 2 aromatic carbocycles. The number of aromatic nitrogens is 3. The number of hydrogen-bond donors (Lipinski definition) is 2. The van der Waals surface area contributed by atoms with Gasteiger partial charge in [0.1, 0.15) is 0 Å². The lowest BCUT2D eigenvalue weighted by Crippen LogP contribution is -2.16. The first-order valence-corrected chi connectivity index (χ1v) is 7.44. The highest BCUT2D eigenvalue weighted by molar-refractivity contribution is 7.71. The van der Waals surface area contributed by atoms with Gasteiger partial charge in [0, 0.05) is 12.1 Å². The van der Waals surface area contributed by atoms with E-state index in [2.05, 4.69) is 39.9 Å². The van der Waals surface area contributed by atoms with Gasteiger partial charge in [0.25, 0.3) is 0 Å². The summed E-state index contributed by atoms with van der Waals surface area (Å²) >= 11 is 5.27. The van der Waals surface area contributed by atoms with Crippen molar-refractivity contribution >= 4 is 18.3 Å². The molecule has 0 aliphatic heterocycles. The normalized spacial score (nSPS) is 10.9. The lowest BCUT2D eigenvalue weighted by atomic mass is 10.2. The van der Waals surface area contributed by atoms with E-state index in [1.54, 1.807) is 4.68 Å². The van der Waals surface area contributed by atoms with Gasteiger partial charge < -0.3 is 5.43 Å². The summed E-state index contributed by atoms with van der Waals surface area (Å²) in [6, 6.07) is 20.1. The lowest BCUT2D eigenvalue weighted by molar-refractivity contribution is 0.879. The molecule has 0 aliphatic carbocycles. The van der Waals surface area contributed by atoms with E-state index in [0.717, 1.165) is 11.4 Å². The quantitative estimate of drug-likeness (QED) is 0.703. The molecule has 22 heavy (non-hydrogen) atoms. The zero-order chi connectivity index (χ0) is 15.2. The van der Waals surface area contributed by atoms with Gasteiger partial charge in [0.05, 0.1) is 0 Å². The molecule has 2 N–H and O–H groups in total. The Hall–Kier alpha value is -2.66. The Morgan fingerprint density at radius 2 is 1.73 bits per heavy atom. The van der Waals surface area contributed by atoms with Crippen LogP contribution in [0.1, 0.15) is 5.56 Å². The fourth-order valence-electron chi connectivity index (χ4n) is 2.13. The van der Waals surface area contributed by atoms with Crippen molar-refractivity contribution in [1.82, 2.24) is 14.9 Å². The van der Waals surface area contributed by atoms with Gasteiger partial charge in [0.2, 0.25) is 4.77 Å². The highest BCUT2D eigenvalue weighted by Gasteiger charge is 2.06. The summed E-state index contributed by atoms with van der Waals surface area (Å²) in [5, 5.41) is 7.11. The standard InChI is InChI=1S/C17H16N4S/c22-17-20-19-16(15-11-5-2-6-12-15)21(17)18-13-7-10-14-8-3-1-4-9-14/h1-12,18H,13H2,(H,20,22). The predicted octanol–water partition coefficient (Wildman–Crippen LogP) is 3.86. The summed E-state index contributed by atoms with van der Waals surface area (Å²) in [5.74, 6) is 0.777. The lowest BCUT2D eigenvalue weighted by Gasteiger charge is -2.07. The van der Waals surface area contributed by atoms with Crippen LogP contribution in [-0.4, -0.2) is 21.4 Å². The van der Waals surface area contributed by atoms with Crippen LogP contribution < -0.4 is 5.43 Å². The zero-order valence-corrected chi connectivity index (χ0v) is 12.8. The minimum absolute atomic E-state index is 0.548. The third-order valence-electron chi connectivity index (χ3n) is 3.18. The number of benzene rings is 2. The van der Waals surface area contributed by atoms with E-state index in [1.165, 1.54) is 5.56 Å². The van der Waals surface area contributed by atoms with Crippen LogP contribution in [0.4, 0.5) is 0 Å². The number of H-pyrrole nitrogens is 1. The number of hydrogen-bond acceptors (Lipinski definition) is 3. The SMILES string of the molecule is S=c1[nH]nc(-c2ccccc2)n1NCC=Cc1ccccc1. The Balaban J connectivity index is 1.72. The second-order valence-corrected chi connectivity index (χ2v) is 5.12. The minimum Gasteiger partial charge on any atom is -0.318 e. The summed E-state index contributed by atoms with van der Waals surface area (Å²) in [7, 11) is 0. The van der Waals surface area contributed by atoms with Crippen LogP contribution in [-0.2, 0) is 0 Å². The molecule has 5 heteroatoms. The van der Waals surface area contributed by atoms with Gasteiger partial charge in [-0.15, -0.1) is 0 Å². The molecule has 0 fully saturated rings. The van der Waals surface area contributed by atoms with Crippen molar-refractivity contribution in [2.45, 2.75) is 0 Å². The Labute approximate surface area is 134 Å². The van der Waals surface area contributed by atoms with Crippen molar-refractivity contribution in [3.8, 4) is 11.4 Å². The molecule has 0 amide bonds. The molecule has 0 spiro atoms. The Kier molecular flexibility index (Phi) is 4.46. The molecule has 3 aromatic rings. The molecule has 0 atom stereocenters. The predicted molar refractivity (Wildman–Crippen MR) is 92.6 cm³/mol. The van der Waals surface area contributed by atoms with Crippen molar-refractivity contribution in [1.29, 1.82) is 0 Å². The Bertz CT molecular complexity index is 803. The van der Waals surface area contributed by atoms with Gasteiger partial charge in [-0.2, -0.15) is 5.10 Å². The van der Waals surface area contributed by atoms with E-state index in [0.29, 0.717) is 11.3 Å². The fraction of sp³-hybridized carbons (Fsp3) is 0.0588. The topological polar surface area (TPSA) is 45.6 Å². The van der Waals surface area contributed by atoms with Crippen molar-refractivity contribution in [2.24, 2.45) is 0 Å². The second kappa shape index (κ2) is 6.87. The molecule has 0 radical (unpaired) electrons. The molecule has 0 saturated carbocycles. The van der Waals surface area contributed by atoms with E-state index in [-0.39, 0.29) is 0 Å². The van der Waals surface area contributed by atoms with Gasteiger partial charge in [-0.1, -0.05) is 72.8 Å². The molecule has 0 bridgehead atoms. The van der Waals surface area contributed by atoms with Crippen LogP contribution in [0.2, 0.25) is 0 Å². The van der Waals surface area contributed by atoms with E-state index in [4.69, 9.17) is 12.2 Å². The maximum absolute atomic E-state index is 5.27. The smallest absolute Gasteiger partial charge is 0.214 e. The largest absolute Gasteiger partial charge is 0.318 e. The molecular weight excluding hydrogens is 292 g/mol. The molecule has 4 nitrogen and oxygen atoms in total. The summed E-state index contributed by atoms with van der Waals surface area (Å²) in [6.45, 7) is 0.655. The van der Waals surface area contributed by atoms with Gasteiger partial charge in [0.15, 0.2) is 5.82 Å². The van der Waals surface area contributed by atoms with Gasteiger partial charge in [-0.3, -0.25) is 0 Å². The molecule has 1 heterocycles. The highest BCUT2D eigenvalue weighted by atomic mass is 32.1. The van der Waals surface area contributed by atoms with Crippen LogP contribution in [0.15, 0.2) is 66.7 Å². The molecule has 110 valence electrons. The van der Waals surface area contributed by atoms with E-state index >= 15 is 0 Å². The Morgan fingerprint density at radius 3 is 2.45 bits per heavy atom. The number of aromatic amines is 1. The first-order chi connectivity index (χ1) is 10.8. The third kappa shape index (κ3) is 3.32. The van der Waals surface area contributed by atoms with E-state index < -0.39 is 0 Å². The number of rotatable bonds is 5. The minimum atomic E-state index is 0.548.